The first-order valence-electron chi connectivity index (χ1n) is 6.75. The number of hydrogen-bond donors (Lipinski definition) is 1. The van der Waals surface area contributed by atoms with Gasteiger partial charge in [0.2, 0.25) is 0 Å². The summed E-state index contributed by atoms with van der Waals surface area (Å²) in [7, 11) is 2.12. The minimum Gasteiger partial charge on any atom is -0.357 e. The highest BCUT2D eigenvalue weighted by molar-refractivity contribution is 5.79. The van der Waals surface area contributed by atoms with Crippen LogP contribution < -0.4 is 5.32 Å². The molecule has 0 unspecified atom stereocenters. The lowest BCUT2D eigenvalue weighted by atomic mass is 10.2. The summed E-state index contributed by atoms with van der Waals surface area (Å²) in [5, 5.41) is 3.34. The Morgan fingerprint density at radius 2 is 1.75 bits per heavy atom. The Balaban J connectivity index is 4.01. The van der Waals surface area contributed by atoms with E-state index in [4.69, 9.17) is 0 Å². The number of nitrogens with one attached hydrogen (secondary N) is 1. The molecule has 3 nitrogen and oxygen atoms in total. The van der Waals surface area contributed by atoms with Crippen LogP contribution in [0, 0.1) is 0 Å². The number of hydrogen-bond acceptors (Lipinski definition) is 1. The predicted octanol–water partition coefficient (Wildman–Crippen LogP) is 2.87. The zero-order valence-electron chi connectivity index (χ0n) is 11.6. The van der Waals surface area contributed by atoms with Crippen molar-refractivity contribution in [2.45, 2.75) is 52.9 Å². The fourth-order valence-corrected chi connectivity index (χ4v) is 1.52. The van der Waals surface area contributed by atoms with Crippen molar-refractivity contribution >= 4 is 5.96 Å². The lowest BCUT2D eigenvalue weighted by Crippen LogP contribution is -2.39. The first-order valence-corrected chi connectivity index (χ1v) is 6.75. The molecule has 0 radical (unpaired) electrons. The second-order valence-corrected chi connectivity index (χ2v) is 4.22. The molecule has 0 aromatic rings. The fraction of sp³-hybridized carbons (Fsp3) is 0.923. The lowest BCUT2D eigenvalue weighted by molar-refractivity contribution is 0.464. The van der Waals surface area contributed by atoms with E-state index < -0.39 is 0 Å². The average Bonchev–Trinajstić information content (AvgIpc) is 2.30. The van der Waals surface area contributed by atoms with Crippen molar-refractivity contribution in [1.82, 2.24) is 10.2 Å². The summed E-state index contributed by atoms with van der Waals surface area (Å²) in [5.74, 6) is 1.06. The van der Waals surface area contributed by atoms with E-state index in [1.807, 2.05) is 0 Å². The zero-order valence-corrected chi connectivity index (χ0v) is 11.6. The molecule has 0 rings (SSSR count). The van der Waals surface area contributed by atoms with Crippen molar-refractivity contribution in [1.29, 1.82) is 0 Å². The first-order chi connectivity index (χ1) is 7.76. The number of rotatable bonds is 8. The third kappa shape index (κ3) is 7.55. The Labute approximate surface area is 101 Å². The lowest BCUT2D eigenvalue weighted by Gasteiger charge is -2.21. The molecule has 0 amide bonds. The highest BCUT2D eigenvalue weighted by Gasteiger charge is 2.03. The minimum atomic E-state index is 0.947. The summed E-state index contributed by atoms with van der Waals surface area (Å²) in [6, 6.07) is 0. The Hall–Kier alpha value is -0.730. The predicted molar refractivity (Wildman–Crippen MR) is 73.0 cm³/mol. The quantitative estimate of drug-likeness (QED) is 0.392. The molecule has 1 N–H and O–H groups in total. The molecule has 3 heteroatoms. The Morgan fingerprint density at radius 3 is 2.31 bits per heavy atom. The molecule has 0 fully saturated rings. The van der Waals surface area contributed by atoms with E-state index in [0.29, 0.717) is 0 Å². The van der Waals surface area contributed by atoms with Gasteiger partial charge in [0.05, 0.1) is 0 Å². The van der Waals surface area contributed by atoms with Crippen LogP contribution in [0.3, 0.4) is 0 Å². The van der Waals surface area contributed by atoms with Crippen LogP contribution in [0.1, 0.15) is 52.9 Å². The van der Waals surface area contributed by atoms with Crippen LogP contribution in [0.15, 0.2) is 4.99 Å². The molecule has 0 aromatic heterocycles. The molecule has 0 aromatic carbocycles. The van der Waals surface area contributed by atoms with Crippen LogP contribution in [0.5, 0.6) is 0 Å². The van der Waals surface area contributed by atoms with Crippen LogP contribution in [0.25, 0.3) is 0 Å². The Kier molecular flexibility index (Phi) is 10.3. The van der Waals surface area contributed by atoms with Crippen molar-refractivity contribution in [3.8, 4) is 0 Å². The van der Waals surface area contributed by atoms with Crippen molar-refractivity contribution in [2.24, 2.45) is 4.99 Å². The van der Waals surface area contributed by atoms with Crippen LogP contribution in [-0.4, -0.2) is 37.5 Å². The molecule has 0 atom stereocenters. The first kappa shape index (κ1) is 15.3. The topological polar surface area (TPSA) is 27.6 Å². The number of unbranched alkanes of at least 4 members (excludes halogenated alkanes) is 3. The van der Waals surface area contributed by atoms with Gasteiger partial charge in [-0.2, -0.15) is 0 Å². The number of nitrogens with zero attached hydrogens (tertiary/aromatic N) is 2. The van der Waals surface area contributed by atoms with Crippen molar-refractivity contribution in [3.05, 3.63) is 0 Å². The molecule has 16 heavy (non-hydrogen) atoms. The highest BCUT2D eigenvalue weighted by atomic mass is 15.3. The average molecular weight is 227 g/mol. The van der Waals surface area contributed by atoms with Gasteiger partial charge in [0.25, 0.3) is 0 Å². The molecule has 0 aliphatic heterocycles. The van der Waals surface area contributed by atoms with Gasteiger partial charge in [-0.15, -0.1) is 0 Å². The van der Waals surface area contributed by atoms with Gasteiger partial charge in [-0.05, 0) is 19.8 Å². The third-order valence-electron chi connectivity index (χ3n) is 2.57. The van der Waals surface area contributed by atoms with E-state index in [0.717, 1.165) is 25.6 Å². The largest absolute Gasteiger partial charge is 0.357 e. The van der Waals surface area contributed by atoms with Crippen molar-refractivity contribution < 1.29 is 0 Å². The summed E-state index contributed by atoms with van der Waals surface area (Å²) in [4.78, 5) is 6.87. The van der Waals surface area contributed by atoms with Gasteiger partial charge in [0, 0.05) is 26.7 Å². The molecule has 0 heterocycles. The van der Waals surface area contributed by atoms with Crippen molar-refractivity contribution in [2.75, 3.05) is 26.7 Å². The molecular weight excluding hydrogens is 198 g/mol. The van der Waals surface area contributed by atoms with Gasteiger partial charge in [0.15, 0.2) is 5.96 Å². The Morgan fingerprint density at radius 1 is 1.06 bits per heavy atom. The maximum Gasteiger partial charge on any atom is 0.193 e. The van der Waals surface area contributed by atoms with Gasteiger partial charge < -0.3 is 10.2 Å². The summed E-state index contributed by atoms with van der Waals surface area (Å²) in [5.41, 5.74) is 0. The van der Waals surface area contributed by atoms with Crippen LogP contribution in [-0.2, 0) is 0 Å². The molecule has 0 spiro atoms. The van der Waals surface area contributed by atoms with Gasteiger partial charge in [-0.3, -0.25) is 4.99 Å². The summed E-state index contributed by atoms with van der Waals surface area (Å²) >= 11 is 0. The SMILES string of the molecule is CCCCCN=C(NCC)N(C)CCCC. The molecule has 0 aliphatic rings. The molecule has 96 valence electrons. The van der Waals surface area contributed by atoms with Gasteiger partial charge in [0.1, 0.15) is 0 Å². The number of aliphatic imine (C=N–C) groups is 1. The van der Waals surface area contributed by atoms with Crippen LogP contribution in [0.4, 0.5) is 0 Å². The summed E-state index contributed by atoms with van der Waals surface area (Å²) < 4.78 is 0. The maximum absolute atomic E-state index is 4.64. The van der Waals surface area contributed by atoms with E-state index >= 15 is 0 Å². The smallest absolute Gasteiger partial charge is 0.193 e. The normalized spacial score (nSPS) is 11.6. The highest BCUT2D eigenvalue weighted by Crippen LogP contribution is 1.97. The maximum atomic E-state index is 4.64. The monoisotopic (exact) mass is 227 g/mol. The summed E-state index contributed by atoms with van der Waals surface area (Å²) in [6.07, 6.45) is 6.21. The van der Waals surface area contributed by atoms with Crippen LogP contribution >= 0.6 is 0 Å². The second-order valence-electron chi connectivity index (χ2n) is 4.22. The standard InChI is InChI=1S/C13H29N3/c1-5-8-10-11-15-13(14-7-3)16(4)12-9-6-2/h5-12H2,1-4H3,(H,14,15). The molecule has 0 saturated heterocycles. The Bertz CT molecular complexity index is 178. The third-order valence-corrected chi connectivity index (χ3v) is 2.57. The van der Waals surface area contributed by atoms with Gasteiger partial charge >= 0.3 is 0 Å². The van der Waals surface area contributed by atoms with Crippen LogP contribution in [0.2, 0.25) is 0 Å². The number of guanidine groups is 1. The zero-order chi connectivity index (χ0) is 12.2. The van der Waals surface area contributed by atoms with Crippen molar-refractivity contribution in [3.63, 3.8) is 0 Å². The molecule has 0 bridgehead atoms. The molecule has 0 aliphatic carbocycles. The second kappa shape index (κ2) is 10.8. The van der Waals surface area contributed by atoms with E-state index in [-0.39, 0.29) is 0 Å². The van der Waals surface area contributed by atoms with E-state index in [1.54, 1.807) is 0 Å². The van der Waals surface area contributed by atoms with E-state index in [9.17, 15) is 0 Å². The fourth-order valence-electron chi connectivity index (χ4n) is 1.52. The molecule has 0 saturated carbocycles. The van der Waals surface area contributed by atoms with Gasteiger partial charge in [-0.25, -0.2) is 0 Å². The van der Waals surface area contributed by atoms with Gasteiger partial charge in [-0.1, -0.05) is 33.1 Å². The minimum absolute atomic E-state index is 0.947. The molecular formula is C13H29N3. The summed E-state index contributed by atoms with van der Waals surface area (Å²) in [6.45, 7) is 9.56. The van der Waals surface area contributed by atoms with E-state index in [1.165, 1.54) is 32.1 Å². The van der Waals surface area contributed by atoms with E-state index in [2.05, 4.69) is 43.0 Å².